The van der Waals surface area contributed by atoms with Gasteiger partial charge in [-0.25, -0.2) is 9.37 Å². The van der Waals surface area contributed by atoms with E-state index < -0.39 is 11.6 Å². The third kappa shape index (κ3) is 6.90. The Balaban J connectivity index is 0.000000257. The molecular weight excluding hydrogens is 446 g/mol. The number of benzene rings is 2. The van der Waals surface area contributed by atoms with Gasteiger partial charge in [0.05, 0.1) is 7.11 Å². The highest BCUT2D eigenvalue weighted by Gasteiger charge is 2.25. The number of nitrogens with two attached hydrogens (primary N) is 1. The summed E-state index contributed by atoms with van der Waals surface area (Å²) < 4.78 is 29.3. The van der Waals surface area contributed by atoms with Crippen LogP contribution in [0.1, 0.15) is 12.8 Å². The smallest absolute Gasteiger partial charge is 0.227 e. The summed E-state index contributed by atoms with van der Waals surface area (Å²) in [5, 5.41) is 9.17. The zero-order valence-electron chi connectivity index (χ0n) is 18.2. The largest absolute Gasteiger partial charge is 0.494 e. The second-order valence-electron chi connectivity index (χ2n) is 7.34. The Kier molecular flexibility index (Phi) is 9.03. The summed E-state index contributed by atoms with van der Waals surface area (Å²) in [7, 11) is 1.29. The van der Waals surface area contributed by atoms with Crippen LogP contribution in [0.4, 0.5) is 20.2 Å². The number of piperidine rings is 1. The topological polar surface area (TPSA) is 80.5 Å². The number of nitrogens with zero attached hydrogens (tertiary/aromatic N) is 2. The molecule has 4 rings (SSSR count). The monoisotopic (exact) mass is 472 g/mol. The lowest BCUT2D eigenvalue weighted by Gasteiger charge is -2.33. The molecule has 1 fully saturated rings. The van der Waals surface area contributed by atoms with Gasteiger partial charge in [-0.05, 0) is 61.2 Å². The highest BCUT2D eigenvalue weighted by atomic mass is 32.2. The van der Waals surface area contributed by atoms with Crippen LogP contribution < -0.4 is 20.1 Å². The van der Waals surface area contributed by atoms with Crippen LogP contribution in [-0.4, -0.2) is 31.1 Å². The number of para-hydroxylation sites is 1. The number of aromatic nitrogens is 1. The molecule has 0 bridgehead atoms. The fraction of sp³-hybridized carbons (Fsp3) is 0.250. The highest BCUT2D eigenvalue weighted by molar-refractivity contribution is 7.97. The third-order valence-corrected chi connectivity index (χ3v) is 5.71. The van der Waals surface area contributed by atoms with Crippen molar-refractivity contribution in [2.24, 2.45) is 11.1 Å². The molecule has 0 saturated carbocycles. The molecule has 1 aliphatic rings. The third-order valence-electron chi connectivity index (χ3n) is 5.25. The SMILES string of the molecule is COc1cccc(F)c1F.NSc1cc(NC(=O)C2CCN(c3ccccc3)CC2)ccn1. The standard InChI is InChI=1S/C17H20N4OS.C7H6F2O/c18-23-16-12-14(6-9-19-16)20-17(22)13-7-10-21(11-8-13)15-4-2-1-3-5-15;1-10-6-4-2-3-5(8)7(6)9/h1-6,9,12-13H,7-8,10-11,18H2,(H,19,20,22);2-4H,1H3. The summed E-state index contributed by atoms with van der Waals surface area (Å²) in [6.07, 6.45) is 3.39. The number of nitrogens with one attached hydrogen (secondary N) is 1. The minimum Gasteiger partial charge on any atom is -0.494 e. The van der Waals surface area contributed by atoms with Gasteiger partial charge in [0.2, 0.25) is 11.7 Å². The summed E-state index contributed by atoms with van der Waals surface area (Å²) >= 11 is 1.07. The van der Waals surface area contributed by atoms with Gasteiger partial charge in [-0.15, -0.1) is 0 Å². The molecule has 0 spiro atoms. The lowest BCUT2D eigenvalue weighted by atomic mass is 9.95. The van der Waals surface area contributed by atoms with Crippen LogP contribution in [0.25, 0.3) is 0 Å². The molecule has 2 aromatic carbocycles. The van der Waals surface area contributed by atoms with Gasteiger partial charge in [0.15, 0.2) is 11.6 Å². The van der Waals surface area contributed by atoms with E-state index in [-0.39, 0.29) is 17.6 Å². The maximum Gasteiger partial charge on any atom is 0.227 e. The van der Waals surface area contributed by atoms with E-state index in [1.807, 2.05) is 18.2 Å². The fourth-order valence-corrected chi connectivity index (χ4v) is 3.79. The van der Waals surface area contributed by atoms with Crippen LogP contribution in [0.3, 0.4) is 0 Å². The summed E-state index contributed by atoms with van der Waals surface area (Å²) in [5.41, 5.74) is 1.98. The zero-order valence-corrected chi connectivity index (χ0v) is 19.0. The number of methoxy groups -OCH3 is 1. The van der Waals surface area contributed by atoms with Crippen molar-refractivity contribution in [1.82, 2.24) is 4.98 Å². The van der Waals surface area contributed by atoms with Crippen molar-refractivity contribution in [3.05, 3.63) is 78.5 Å². The number of rotatable bonds is 5. The van der Waals surface area contributed by atoms with Gasteiger partial charge in [-0.1, -0.05) is 24.3 Å². The van der Waals surface area contributed by atoms with Crippen molar-refractivity contribution in [1.29, 1.82) is 0 Å². The molecule has 0 unspecified atom stereocenters. The molecule has 2 heterocycles. The molecule has 1 aromatic heterocycles. The molecule has 0 aliphatic carbocycles. The van der Waals surface area contributed by atoms with Crippen LogP contribution in [-0.2, 0) is 4.79 Å². The molecule has 1 aliphatic heterocycles. The minimum atomic E-state index is -0.940. The molecule has 6 nitrogen and oxygen atoms in total. The van der Waals surface area contributed by atoms with Crippen LogP contribution in [0.2, 0.25) is 0 Å². The van der Waals surface area contributed by atoms with Crippen molar-refractivity contribution in [2.75, 3.05) is 30.4 Å². The Morgan fingerprint density at radius 3 is 2.48 bits per heavy atom. The van der Waals surface area contributed by atoms with Crippen molar-refractivity contribution >= 4 is 29.2 Å². The van der Waals surface area contributed by atoms with Gasteiger partial charge in [0.1, 0.15) is 5.03 Å². The average molecular weight is 473 g/mol. The summed E-state index contributed by atoms with van der Waals surface area (Å²) in [5.74, 6) is -1.77. The Hall–Kier alpha value is -3.17. The Labute approximate surface area is 196 Å². The molecule has 3 N–H and O–H groups in total. The summed E-state index contributed by atoms with van der Waals surface area (Å²) in [6.45, 7) is 1.81. The number of hydrogen-bond donors (Lipinski definition) is 2. The number of hydrogen-bond acceptors (Lipinski definition) is 6. The predicted octanol–water partition coefficient (Wildman–Crippen LogP) is 4.88. The summed E-state index contributed by atoms with van der Waals surface area (Å²) in [6, 6.07) is 17.7. The van der Waals surface area contributed by atoms with E-state index >= 15 is 0 Å². The first kappa shape index (κ1) is 24.5. The number of carbonyl (C=O) groups excluding carboxylic acids is 1. The number of halogens is 2. The van der Waals surface area contributed by atoms with Crippen LogP contribution in [0, 0.1) is 17.6 Å². The molecule has 33 heavy (non-hydrogen) atoms. The van der Waals surface area contributed by atoms with E-state index in [0.717, 1.165) is 49.6 Å². The number of anilines is 2. The van der Waals surface area contributed by atoms with Crippen LogP contribution in [0.15, 0.2) is 71.9 Å². The first-order valence-electron chi connectivity index (χ1n) is 10.4. The first-order chi connectivity index (χ1) is 16.0. The maximum atomic E-state index is 12.5. The van der Waals surface area contributed by atoms with Gasteiger partial charge in [0.25, 0.3) is 0 Å². The Morgan fingerprint density at radius 2 is 1.85 bits per heavy atom. The number of ether oxygens (including phenoxy) is 1. The van der Waals surface area contributed by atoms with Gasteiger partial charge in [-0.3, -0.25) is 9.93 Å². The Bertz CT molecular complexity index is 1050. The number of pyridine rings is 1. The molecule has 3 aromatic rings. The van der Waals surface area contributed by atoms with Crippen molar-refractivity contribution < 1.29 is 18.3 Å². The van der Waals surface area contributed by atoms with Gasteiger partial charge < -0.3 is 15.0 Å². The molecule has 174 valence electrons. The normalized spacial score (nSPS) is 13.6. The molecular formula is C24H26F2N4O2S. The van der Waals surface area contributed by atoms with Gasteiger partial charge >= 0.3 is 0 Å². The quantitative estimate of drug-likeness (QED) is 0.516. The van der Waals surface area contributed by atoms with E-state index in [2.05, 4.69) is 32.1 Å². The molecule has 0 atom stereocenters. The van der Waals surface area contributed by atoms with Gasteiger partial charge in [0, 0.05) is 36.6 Å². The van der Waals surface area contributed by atoms with Crippen LogP contribution in [0.5, 0.6) is 5.75 Å². The van der Waals surface area contributed by atoms with E-state index in [4.69, 9.17) is 5.14 Å². The molecule has 0 radical (unpaired) electrons. The minimum absolute atomic E-state index is 0.0529. The van der Waals surface area contributed by atoms with Crippen LogP contribution >= 0.6 is 11.9 Å². The average Bonchev–Trinajstić information content (AvgIpc) is 2.87. The Morgan fingerprint density at radius 1 is 1.12 bits per heavy atom. The van der Waals surface area contributed by atoms with Crippen molar-refractivity contribution in [3.8, 4) is 5.75 Å². The molecule has 1 amide bonds. The lowest BCUT2D eigenvalue weighted by Crippen LogP contribution is -2.38. The fourth-order valence-electron chi connectivity index (χ4n) is 3.48. The number of amides is 1. The van der Waals surface area contributed by atoms with E-state index in [1.165, 1.54) is 24.9 Å². The molecule has 1 saturated heterocycles. The maximum absolute atomic E-state index is 12.5. The summed E-state index contributed by atoms with van der Waals surface area (Å²) in [4.78, 5) is 18.9. The number of carbonyl (C=O) groups is 1. The van der Waals surface area contributed by atoms with Crippen molar-refractivity contribution in [2.45, 2.75) is 17.9 Å². The second-order valence-corrected chi connectivity index (χ2v) is 8.00. The lowest BCUT2D eigenvalue weighted by molar-refractivity contribution is -0.120. The second kappa shape index (κ2) is 12.2. The zero-order chi connectivity index (χ0) is 23.6. The molecule has 9 heteroatoms. The van der Waals surface area contributed by atoms with E-state index in [1.54, 1.807) is 18.3 Å². The van der Waals surface area contributed by atoms with E-state index in [9.17, 15) is 13.6 Å². The first-order valence-corrected chi connectivity index (χ1v) is 11.3. The predicted molar refractivity (Wildman–Crippen MR) is 127 cm³/mol. The van der Waals surface area contributed by atoms with Gasteiger partial charge in [-0.2, -0.15) is 4.39 Å². The highest BCUT2D eigenvalue weighted by Crippen LogP contribution is 2.24. The van der Waals surface area contributed by atoms with Crippen molar-refractivity contribution in [3.63, 3.8) is 0 Å². The van der Waals surface area contributed by atoms with E-state index in [0.29, 0.717) is 5.03 Å².